The van der Waals surface area contributed by atoms with E-state index < -0.39 is 0 Å². The minimum absolute atomic E-state index is 0.00454. The Hall–Kier alpha value is -1.36. The predicted molar refractivity (Wildman–Crippen MR) is 64.1 cm³/mol. The summed E-state index contributed by atoms with van der Waals surface area (Å²) in [5.41, 5.74) is 8.05. The zero-order chi connectivity index (χ0) is 12.1. The molecule has 0 aliphatic rings. The monoisotopic (exact) mass is 224 g/mol. The van der Waals surface area contributed by atoms with Crippen molar-refractivity contribution in [3.8, 4) is 0 Å². The number of aryl methyl sites for hydroxylation is 2. The fraction of sp³-hybridized carbons (Fsp3) is 0.636. The van der Waals surface area contributed by atoms with E-state index >= 15 is 0 Å². The van der Waals surface area contributed by atoms with E-state index in [2.05, 4.69) is 15.5 Å². The molecule has 0 fully saturated rings. The highest BCUT2D eigenvalue weighted by atomic mass is 16.1. The third kappa shape index (κ3) is 3.06. The summed E-state index contributed by atoms with van der Waals surface area (Å²) >= 11 is 0. The van der Waals surface area contributed by atoms with Crippen LogP contribution in [0.4, 0.5) is 5.69 Å². The van der Waals surface area contributed by atoms with Gasteiger partial charge in [-0.3, -0.25) is 9.89 Å². The molecule has 1 unspecified atom stereocenters. The zero-order valence-corrected chi connectivity index (χ0v) is 10.1. The maximum Gasteiger partial charge on any atom is 0.224 e. The SMILES string of the molecule is CCC(CN)CC(=O)Nc1c(C)n[nH]c1C. The molecule has 1 aromatic rings. The average molecular weight is 224 g/mol. The van der Waals surface area contributed by atoms with Gasteiger partial charge in [0.1, 0.15) is 0 Å². The van der Waals surface area contributed by atoms with Crippen LogP contribution in [0.15, 0.2) is 0 Å². The third-order valence-electron chi connectivity index (χ3n) is 2.78. The maximum absolute atomic E-state index is 11.7. The summed E-state index contributed by atoms with van der Waals surface area (Å²) in [4.78, 5) is 11.7. The molecule has 0 saturated carbocycles. The topological polar surface area (TPSA) is 83.8 Å². The van der Waals surface area contributed by atoms with Gasteiger partial charge in [-0.25, -0.2) is 0 Å². The van der Waals surface area contributed by atoms with Gasteiger partial charge >= 0.3 is 0 Å². The first-order chi connectivity index (χ1) is 7.58. The summed E-state index contributed by atoms with van der Waals surface area (Å²) in [6.07, 6.45) is 1.39. The first kappa shape index (κ1) is 12.7. The summed E-state index contributed by atoms with van der Waals surface area (Å²) in [5.74, 6) is 0.261. The van der Waals surface area contributed by atoms with Crippen LogP contribution in [0, 0.1) is 19.8 Å². The molecule has 90 valence electrons. The molecule has 16 heavy (non-hydrogen) atoms. The van der Waals surface area contributed by atoms with Gasteiger partial charge in [-0.1, -0.05) is 13.3 Å². The number of nitrogens with zero attached hydrogens (tertiary/aromatic N) is 1. The highest BCUT2D eigenvalue weighted by Crippen LogP contribution is 2.17. The first-order valence-corrected chi connectivity index (χ1v) is 5.59. The second kappa shape index (κ2) is 5.65. The molecule has 0 aromatic carbocycles. The number of anilines is 1. The van der Waals surface area contributed by atoms with Crippen LogP contribution < -0.4 is 11.1 Å². The van der Waals surface area contributed by atoms with E-state index in [1.54, 1.807) is 0 Å². The van der Waals surface area contributed by atoms with Crippen molar-refractivity contribution in [2.75, 3.05) is 11.9 Å². The van der Waals surface area contributed by atoms with Gasteiger partial charge in [0.05, 0.1) is 17.1 Å². The highest BCUT2D eigenvalue weighted by molar-refractivity contribution is 5.91. The number of aromatic nitrogens is 2. The number of hydrogen-bond donors (Lipinski definition) is 3. The van der Waals surface area contributed by atoms with E-state index in [1.807, 2.05) is 20.8 Å². The van der Waals surface area contributed by atoms with Crippen LogP contribution in [0.2, 0.25) is 0 Å². The van der Waals surface area contributed by atoms with Gasteiger partial charge < -0.3 is 11.1 Å². The van der Waals surface area contributed by atoms with Crippen LogP contribution >= 0.6 is 0 Å². The van der Waals surface area contributed by atoms with Crippen molar-refractivity contribution in [1.29, 1.82) is 0 Å². The molecule has 4 N–H and O–H groups in total. The molecule has 1 rings (SSSR count). The van der Waals surface area contributed by atoms with E-state index in [9.17, 15) is 4.79 Å². The molecule has 0 aliphatic carbocycles. The zero-order valence-electron chi connectivity index (χ0n) is 10.1. The maximum atomic E-state index is 11.7. The Balaban J connectivity index is 2.58. The molecule has 0 saturated heterocycles. The van der Waals surface area contributed by atoms with E-state index in [1.165, 1.54) is 0 Å². The van der Waals surface area contributed by atoms with Gasteiger partial charge in [-0.15, -0.1) is 0 Å². The Bertz CT molecular complexity index is 335. The molecule has 1 amide bonds. The van der Waals surface area contributed by atoms with Crippen LogP contribution in [0.1, 0.15) is 31.2 Å². The van der Waals surface area contributed by atoms with Gasteiger partial charge in [0.15, 0.2) is 0 Å². The normalized spacial score (nSPS) is 12.5. The van der Waals surface area contributed by atoms with E-state index in [0.717, 1.165) is 23.5 Å². The lowest BCUT2D eigenvalue weighted by atomic mass is 10.0. The first-order valence-electron chi connectivity index (χ1n) is 5.59. The number of carbonyl (C=O) groups is 1. The van der Waals surface area contributed by atoms with Crippen LogP contribution in [0.3, 0.4) is 0 Å². The number of carbonyl (C=O) groups excluding carboxylic acids is 1. The van der Waals surface area contributed by atoms with Crippen molar-refractivity contribution in [2.45, 2.75) is 33.6 Å². The molecule has 0 radical (unpaired) electrons. The molecule has 1 heterocycles. The Morgan fingerprint density at radius 2 is 2.25 bits per heavy atom. The molecule has 0 bridgehead atoms. The minimum atomic E-state index is 0.00454. The third-order valence-corrected chi connectivity index (χ3v) is 2.78. The van der Waals surface area contributed by atoms with Crippen molar-refractivity contribution >= 4 is 11.6 Å². The number of nitrogens with two attached hydrogens (primary N) is 1. The van der Waals surface area contributed by atoms with Crippen molar-refractivity contribution < 1.29 is 4.79 Å². The lowest BCUT2D eigenvalue weighted by molar-refractivity contribution is -0.117. The average Bonchev–Trinajstić information content (AvgIpc) is 2.57. The molecular formula is C11H20N4O. The van der Waals surface area contributed by atoms with E-state index in [-0.39, 0.29) is 11.8 Å². The summed E-state index contributed by atoms with van der Waals surface area (Å²) in [6, 6.07) is 0. The van der Waals surface area contributed by atoms with Crippen LogP contribution in [-0.4, -0.2) is 22.6 Å². The van der Waals surface area contributed by atoms with Crippen molar-refractivity contribution in [2.24, 2.45) is 11.7 Å². The Morgan fingerprint density at radius 3 is 2.69 bits per heavy atom. The summed E-state index contributed by atoms with van der Waals surface area (Å²) < 4.78 is 0. The van der Waals surface area contributed by atoms with Crippen molar-refractivity contribution in [1.82, 2.24) is 10.2 Å². The number of nitrogens with one attached hydrogen (secondary N) is 2. The minimum Gasteiger partial charge on any atom is -0.330 e. The fourth-order valence-electron chi connectivity index (χ4n) is 1.58. The quantitative estimate of drug-likeness (QED) is 0.705. The standard InChI is InChI=1S/C11H20N4O/c1-4-9(6-12)5-10(16)13-11-7(2)14-15-8(11)3/h9H,4-6,12H2,1-3H3,(H,13,16)(H,14,15). The Kier molecular flexibility index (Phi) is 4.49. The number of amides is 1. The van der Waals surface area contributed by atoms with Crippen LogP contribution in [0.25, 0.3) is 0 Å². The molecule has 5 heteroatoms. The molecule has 1 aromatic heterocycles. The number of aromatic amines is 1. The predicted octanol–water partition coefficient (Wildman–Crippen LogP) is 1.34. The number of H-pyrrole nitrogens is 1. The lowest BCUT2D eigenvalue weighted by Gasteiger charge is -2.11. The van der Waals surface area contributed by atoms with E-state index in [4.69, 9.17) is 5.73 Å². The largest absolute Gasteiger partial charge is 0.330 e. The fourth-order valence-corrected chi connectivity index (χ4v) is 1.58. The van der Waals surface area contributed by atoms with Crippen molar-refractivity contribution in [3.63, 3.8) is 0 Å². The lowest BCUT2D eigenvalue weighted by Crippen LogP contribution is -2.22. The van der Waals surface area contributed by atoms with Crippen molar-refractivity contribution in [3.05, 3.63) is 11.4 Å². The number of hydrogen-bond acceptors (Lipinski definition) is 3. The van der Waals surface area contributed by atoms with E-state index in [0.29, 0.717) is 13.0 Å². The summed E-state index contributed by atoms with van der Waals surface area (Å²) in [5, 5.41) is 9.73. The Labute approximate surface area is 95.8 Å². The summed E-state index contributed by atoms with van der Waals surface area (Å²) in [6.45, 7) is 6.33. The molecule has 0 spiro atoms. The van der Waals surface area contributed by atoms with Crippen LogP contribution in [0.5, 0.6) is 0 Å². The molecule has 1 atom stereocenters. The smallest absolute Gasteiger partial charge is 0.224 e. The van der Waals surface area contributed by atoms with Gasteiger partial charge in [0, 0.05) is 6.42 Å². The number of rotatable bonds is 5. The molecular weight excluding hydrogens is 204 g/mol. The van der Waals surface area contributed by atoms with Gasteiger partial charge in [-0.2, -0.15) is 5.10 Å². The van der Waals surface area contributed by atoms with Gasteiger partial charge in [0.2, 0.25) is 5.91 Å². The molecule has 5 nitrogen and oxygen atoms in total. The molecule has 0 aliphatic heterocycles. The van der Waals surface area contributed by atoms with Gasteiger partial charge in [-0.05, 0) is 26.3 Å². The second-order valence-corrected chi connectivity index (χ2v) is 4.07. The van der Waals surface area contributed by atoms with Crippen LogP contribution in [-0.2, 0) is 4.79 Å². The van der Waals surface area contributed by atoms with Gasteiger partial charge in [0.25, 0.3) is 0 Å². The summed E-state index contributed by atoms with van der Waals surface area (Å²) in [7, 11) is 0. The highest BCUT2D eigenvalue weighted by Gasteiger charge is 2.13. The second-order valence-electron chi connectivity index (χ2n) is 4.07. The Morgan fingerprint density at radius 1 is 1.56 bits per heavy atom.